The summed E-state index contributed by atoms with van der Waals surface area (Å²) >= 11 is 0. The molecule has 0 aliphatic rings. The van der Waals surface area contributed by atoms with Crippen LogP contribution in [-0.4, -0.2) is 23.3 Å². The Balaban J connectivity index is 2.49. The first-order chi connectivity index (χ1) is 12.3. The molecule has 0 radical (unpaired) electrons. The molecule has 0 fully saturated rings. The van der Waals surface area contributed by atoms with Crippen LogP contribution in [0.1, 0.15) is 106 Å². The summed E-state index contributed by atoms with van der Waals surface area (Å²) in [6.07, 6.45) is 11.1. The molecule has 148 valence electrons. The summed E-state index contributed by atoms with van der Waals surface area (Å²) in [5, 5.41) is 0. The number of halogens is 1. The van der Waals surface area contributed by atoms with Crippen molar-refractivity contribution >= 4 is 11.8 Å². The van der Waals surface area contributed by atoms with Gasteiger partial charge in [-0.25, -0.2) is 9.18 Å². The van der Waals surface area contributed by atoms with Gasteiger partial charge in [-0.3, -0.25) is 4.79 Å². The number of carbonyl (C=O) groups excluding carboxylic acids is 2. The third-order valence-corrected chi connectivity index (χ3v) is 4.69. The number of hydrogen-bond acceptors (Lipinski definition) is 3. The third kappa shape index (κ3) is 7.30. The van der Waals surface area contributed by atoms with Crippen molar-refractivity contribution in [3.05, 3.63) is 23.3 Å². The van der Waals surface area contributed by atoms with Gasteiger partial charge in [0.1, 0.15) is 0 Å². The molecule has 26 heavy (non-hydrogen) atoms. The number of ketones is 1. The second-order valence-electron chi connectivity index (χ2n) is 7.75. The van der Waals surface area contributed by atoms with Crippen LogP contribution in [-0.2, 0) is 4.74 Å². The molecule has 1 rings (SSSR count). The van der Waals surface area contributed by atoms with Crippen LogP contribution in [0.4, 0.5) is 4.39 Å². The number of aromatic nitrogens is 1. The second kappa shape index (κ2) is 11.1. The first-order valence-electron chi connectivity index (χ1n) is 9.89. The zero-order valence-corrected chi connectivity index (χ0v) is 16.8. The van der Waals surface area contributed by atoms with Crippen molar-refractivity contribution in [1.29, 1.82) is 0 Å². The Morgan fingerprint density at radius 3 is 2.31 bits per heavy atom. The first-order valence-corrected chi connectivity index (χ1v) is 9.89. The van der Waals surface area contributed by atoms with Crippen molar-refractivity contribution < 1.29 is 18.7 Å². The lowest BCUT2D eigenvalue weighted by Gasteiger charge is -2.23. The standard InChI is InChI=1S/C21H34FNO3/c1-5-7-8-9-10-11-12-13-21(3,4)14-17(24)16-15-23-19(18(16)22)20(25)26-6-2/h15,23H,5-14H2,1-4H3. The van der Waals surface area contributed by atoms with Gasteiger partial charge in [0.25, 0.3) is 0 Å². The average Bonchev–Trinajstić information content (AvgIpc) is 2.95. The zero-order chi connectivity index (χ0) is 19.6. The van der Waals surface area contributed by atoms with Crippen molar-refractivity contribution in [1.82, 2.24) is 4.98 Å². The number of ether oxygens (including phenoxy) is 1. The van der Waals surface area contributed by atoms with Gasteiger partial charge in [-0.1, -0.05) is 65.7 Å². The molecule has 0 bridgehead atoms. The molecule has 0 saturated carbocycles. The summed E-state index contributed by atoms with van der Waals surface area (Å²) in [4.78, 5) is 26.7. The highest BCUT2D eigenvalue weighted by molar-refractivity contribution is 5.99. The predicted octanol–water partition coefficient (Wildman–Crippen LogP) is 6.07. The lowest BCUT2D eigenvalue weighted by atomic mass is 9.81. The molecular weight excluding hydrogens is 333 g/mol. The van der Waals surface area contributed by atoms with E-state index in [1.165, 1.54) is 44.7 Å². The number of esters is 1. The summed E-state index contributed by atoms with van der Waals surface area (Å²) in [5.41, 5.74) is -0.519. The maximum absolute atomic E-state index is 14.3. The van der Waals surface area contributed by atoms with Gasteiger partial charge < -0.3 is 9.72 Å². The van der Waals surface area contributed by atoms with E-state index in [1.807, 2.05) is 13.8 Å². The van der Waals surface area contributed by atoms with Gasteiger partial charge in [-0.05, 0) is 18.8 Å². The summed E-state index contributed by atoms with van der Waals surface area (Å²) in [5.74, 6) is -1.85. The topological polar surface area (TPSA) is 59.2 Å². The normalized spacial score (nSPS) is 11.6. The van der Waals surface area contributed by atoms with Crippen LogP contribution in [0.3, 0.4) is 0 Å². The summed E-state index contributed by atoms with van der Waals surface area (Å²) in [6, 6.07) is 0. The highest BCUT2D eigenvalue weighted by Gasteiger charge is 2.27. The molecule has 1 aromatic heterocycles. The molecule has 0 saturated heterocycles. The lowest BCUT2D eigenvalue weighted by Crippen LogP contribution is -2.18. The van der Waals surface area contributed by atoms with Crippen molar-refractivity contribution in [2.75, 3.05) is 6.61 Å². The number of nitrogens with one attached hydrogen (secondary N) is 1. The smallest absolute Gasteiger partial charge is 0.357 e. The van der Waals surface area contributed by atoms with Crippen LogP contribution in [0.25, 0.3) is 0 Å². The Bertz CT molecular complexity index is 578. The van der Waals surface area contributed by atoms with E-state index >= 15 is 0 Å². The van der Waals surface area contributed by atoms with E-state index in [9.17, 15) is 14.0 Å². The Morgan fingerprint density at radius 2 is 1.69 bits per heavy atom. The molecule has 5 heteroatoms. The summed E-state index contributed by atoms with van der Waals surface area (Å²) < 4.78 is 19.1. The summed E-state index contributed by atoms with van der Waals surface area (Å²) in [6.45, 7) is 8.10. The third-order valence-electron chi connectivity index (χ3n) is 4.69. The largest absolute Gasteiger partial charge is 0.461 e. The monoisotopic (exact) mass is 367 g/mol. The molecule has 0 atom stereocenters. The highest BCUT2D eigenvalue weighted by atomic mass is 19.1. The van der Waals surface area contributed by atoms with Gasteiger partial charge >= 0.3 is 5.97 Å². The molecule has 1 heterocycles. The van der Waals surface area contributed by atoms with Crippen LogP contribution < -0.4 is 0 Å². The minimum absolute atomic E-state index is 0.0549. The van der Waals surface area contributed by atoms with E-state index in [0.29, 0.717) is 0 Å². The molecule has 0 spiro atoms. The fourth-order valence-electron chi connectivity index (χ4n) is 3.14. The Morgan fingerprint density at radius 1 is 1.08 bits per heavy atom. The molecule has 0 unspecified atom stereocenters. The number of unbranched alkanes of at least 4 members (excludes halogenated alkanes) is 6. The van der Waals surface area contributed by atoms with Gasteiger partial charge in [0, 0.05) is 12.6 Å². The molecule has 0 aliphatic carbocycles. The minimum atomic E-state index is -0.805. The minimum Gasteiger partial charge on any atom is -0.461 e. The van der Waals surface area contributed by atoms with Crippen molar-refractivity contribution in [2.24, 2.45) is 5.41 Å². The van der Waals surface area contributed by atoms with Gasteiger partial charge in [-0.2, -0.15) is 0 Å². The molecule has 0 amide bonds. The molecule has 1 aromatic rings. The quantitative estimate of drug-likeness (QED) is 0.261. The first kappa shape index (κ1) is 22.4. The number of H-pyrrole nitrogens is 1. The van der Waals surface area contributed by atoms with Crippen LogP contribution in [0.2, 0.25) is 0 Å². The molecular formula is C21H34FNO3. The summed E-state index contributed by atoms with van der Waals surface area (Å²) in [7, 11) is 0. The molecule has 1 N–H and O–H groups in total. The zero-order valence-electron chi connectivity index (χ0n) is 16.8. The number of Topliss-reactive ketones (excluding diaryl/α,β-unsaturated/α-hetero) is 1. The van der Waals surface area contributed by atoms with Crippen molar-refractivity contribution in [3.63, 3.8) is 0 Å². The van der Waals surface area contributed by atoms with E-state index < -0.39 is 11.8 Å². The maximum atomic E-state index is 14.3. The SMILES string of the molecule is CCCCCCCCCC(C)(C)CC(=O)c1c[nH]c(C(=O)OCC)c1F. The number of carbonyl (C=O) groups is 2. The van der Waals surface area contributed by atoms with Gasteiger partial charge in [0.05, 0.1) is 12.2 Å². The van der Waals surface area contributed by atoms with E-state index in [2.05, 4.69) is 11.9 Å². The maximum Gasteiger partial charge on any atom is 0.357 e. The molecule has 4 nitrogen and oxygen atoms in total. The Hall–Kier alpha value is -1.65. The fraction of sp³-hybridized carbons (Fsp3) is 0.714. The van der Waals surface area contributed by atoms with Gasteiger partial charge in [0.15, 0.2) is 17.3 Å². The van der Waals surface area contributed by atoms with Gasteiger partial charge in [0.2, 0.25) is 0 Å². The van der Waals surface area contributed by atoms with Crippen LogP contribution in [0, 0.1) is 11.2 Å². The molecule has 0 aromatic carbocycles. The van der Waals surface area contributed by atoms with Crippen molar-refractivity contribution in [2.45, 2.75) is 85.5 Å². The molecule has 0 aliphatic heterocycles. The van der Waals surface area contributed by atoms with E-state index in [4.69, 9.17) is 4.74 Å². The Kier molecular flexibility index (Phi) is 9.60. The lowest BCUT2D eigenvalue weighted by molar-refractivity contribution is 0.0515. The predicted molar refractivity (Wildman–Crippen MR) is 102 cm³/mol. The Labute approximate surface area is 156 Å². The van der Waals surface area contributed by atoms with E-state index in [1.54, 1.807) is 6.92 Å². The highest BCUT2D eigenvalue weighted by Crippen LogP contribution is 2.30. The number of rotatable bonds is 13. The van der Waals surface area contributed by atoms with Gasteiger partial charge in [-0.15, -0.1) is 0 Å². The second-order valence-corrected chi connectivity index (χ2v) is 7.75. The van der Waals surface area contributed by atoms with Crippen molar-refractivity contribution in [3.8, 4) is 0 Å². The average molecular weight is 368 g/mol. The van der Waals surface area contributed by atoms with E-state index in [0.717, 1.165) is 12.8 Å². The van der Waals surface area contributed by atoms with E-state index in [-0.39, 0.29) is 35.5 Å². The van der Waals surface area contributed by atoms with Crippen LogP contribution >= 0.6 is 0 Å². The number of hydrogen-bond donors (Lipinski definition) is 1. The van der Waals surface area contributed by atoms with Crippen LogP contribution in [0.15, 0.2) is 6.20 Å². The van der Waals surface area contributed by atoms with Crippen LogP contribution in [0.5, 0.6) is 0 Å². The number of aromatic amines is 1. The fourth-order valence-corrected chi connectivity index (χ4v) is 3.14.